The number of ether oxygens (including phenoxy) is 1. The van der Waals surface area contributed by atoms with Crippen LogP contribution in [0, 0.1) is 0 Å². The maximum absolute atomic E-state index is 12.1. The number of sulfone groups is 1. The number of amides is 1. The van der Waals surface area contributed by atoms with Gasteiger partial charge in [0.25, 0.3) is 0 Å². The highest BCUT2D eigenvalue weighted by Gasteiger charge is 2.11. The first-order valence-corrected chi connectivity index (χ1v) is 9.20. The van der Waals surface area contributed by atoms with Crippen molar-refractivity contribution < 1.29 is 17.9 Å². The SMILES string of the molecule is COc1ccccc1C=CC(=O)Nc1cc(S(C)(=O)=O)ccc1Cl. The molecule has 0 aliphatic heterocycles. The summed E-state index contributed by atoms with van der Waals surface area (Å²) < 4.78 is 28.4. The molecule has 0 spiro atoms. The van der Waals surface area contributed by atoms with E-state index in [1.165, 1.54) is 24.3 Å². The van der Waals surface area contributed by atoms with E-state index in [1.807, 2.05) is 12.1 Å². The molecule has 5 nitrogen and oxygen atoms in total. The fraction of sp³-hybridized carbons (Fsp3) is 0.118. The summed E-state index contributed by atoms with van der Waals surface area (Å²) in [5, 5.41) is 2.82. The summed E-state index contributed by atoms with van der Waals surface area (Å²) in [5.41, 5.74) is 0.973. The molecule has 0 saturated heterocycles. The molecule has 0 fully saturated rings. The predicted molar refractivity (Wildman–Crippen MR) is 95.2 cm³/mol. The Kier molecular flexibility index (Phi) is 5.64. The van der Waals surface area contributed by atoms with Gasteiger partial charge in [-0.25, -0.2) is 8.42 Å². The van der Waals surface area contributed by atoms with E-state index < -0.39 is 15.7 Å². The smallest absolute Gasteiger partial charge is 0.248 e. The van der Waals surface area contributed by atoms with Gasteiger partial charge in [-0.3, -0.25) is 4.79 Å². The lowest BCUT2D eigenvalue weighted by Gasteiger charge is -2.07. The van der Waals surface area contributed by atoms with E-state index in [2.05, 4.69) is 5.32 Å². The van der Waals surface area contributed by atoms with Gasteiger partial charge in [0.2, 0.25) is 5.91 Å². The van der Waals surface area contributed by atoms with Gasteiger partial charge in [-0.15, -0.1) is 0 Å². The first-order valence-electron chi connectivity index (χ1n) is 6.93. The normalized spacial score (nSPS) is 11.5. The topological polar surface area (TPSA) is 72.5 Å². The third kappa shape index (κ3) is 4.59. The average molecular weight is 366 g/mol. The lowest BCUT2D eigenvalue weighted by molar-refractivity contribution is -0.111. The van der Waals surface area contributed by atoms with Crippen molar-refractivity contribution in [3.05, 3.63) is 59.1 Å². The molecule has 2 aromatic carbocycles. The van der Waals surface area contributed by atoms with Crippen LogP contribution in [0.4, 0.5) is 5.69 Å². The molecule has 0 aliphatic rings. The quantitative estimate of drug-likeness (QED) is 0.824. The van der Waals surface area contributed by atoms with Crippen LogP contribution in [0.2, 0.25) is 5.02 Å². The number of halogens is 1. The van der Waals surface area contributed by atoms with E-state index in [-0.39, 0.29) is 15.6 Å². The van der Waals surface area contributed by atoms with Crippen molar-refractivity contribution in [2.24, 2.45) is 0 Å². The van der Waals surface area contributed by atoms with Crippen LogP contribution in [-0.4, -0.2) is 27.7 Å². The Morgan fingerprint density at radius 2 is 1.92 bits per heavy atom. The van der Waals surface area contributed by atoms with Gasteiger partial charge in [0.05, 0.1) is 22.7 Å². The highest BCUT2D eigenvalue weighted by molar-refractivity contribution is 7.90. The Labute approximate surface area is 145 Å². The average Bonchev–Trinajstić information content (AvgIpc) is 2.54. The highest BCUT2D eigenvalue weighted by atomic mass is 35.5. The zero-order valence-corrected chi connectivity index (χ0v) is 14.7. The van der Waals surface area contributed by atoms with E-state index >= 15 is 0 Å². The molecule has 0 radical (unpaired) electrons. The van der Waals surface area contributed by atoms with Gasteiger partial charge >= 0.3 is 0 Å². The highest BCUT2D eigenvalue weighted by Crippen LogP contribution is 2.25. The first kappa shape index (κ1) is 18.0. The molecule has 1 N–H and O–H groups in total. The Hall–Kier alpha value is -2.31. The maximum Gasteiger partial charge on any atom is 0.248 e. The molecule has 7 heteroatoms. The molecule has 0 unspecified atom stereocenters. The van der Waals surface area contributed by atoms with Crippen LogP contribution >= 0.6 is 11.6 Å². The van der Waals surface area contributed by atoms with Gasteiger partial charge in [-0.2, -0.15) is 0 Å². The van der Waals surface area contributed by atoms with Gasteiger partial charge in [0, 0.05) is 17.9 Å². The number of benzene rings is 2. The summed E-state index contributed by atoms with van der Waals surface area (Å²) in [7, 11) is -1.84. The molecule has 0 atom stereocenters. The summed E-state index contributed by atoms with van der Waals surface area (Å²) in [6, 6.07) is 11.4. The number of para-hydroxylation sites is 1. The maximum atomic E-state index is 12.1. The molecule has 0 saturated carbocycles. The van der Waals surface area contributed by atoms with Gasteiger partial charge < -0.3 is 10.1 Å². The second-order valence-corrected chi connectivity index (χ2v) is 7.40. The van der Waals surface area contributed by atoms with Crippen molar-refractivity contribution in [3.63, 3.8) is 0 Å². The molecule has 126 valence electrons. The van der Waals surface area contributed by atoms with E-state index in [0.29, 0.717) is 5.75 Å². The minimum Gasteiger partial charge on any atom is -0.496 e. The van der Waals surface area contributed by atoms with Crippen LogP contribution in [0.1, 0.15) is 5.56 Å². The Bertz CT molecular complexity index is 891. The van der Waals surface area contributed by atoms with Gasteiger partial charge in [0.15, 0.2) is 9.84 Å². The second-order valence-electron chi connectivity index (χ2n) is 4.98. The number of nitrogens with one attached hydrogen (secondary N) is 1. The third-order valence-corrected chi connectivity index (χ3v) is 4.62. The van der Waals surface area contributed by atoms with Gasteiger partial charge in [-0.05, 0) is 30.3 Å². The number of anilines is 1. The molecule has 1 amide bonds. The summed E-state index contributed by atoms with van der Waals surface area (Å²) in [5.74, 6) is 0.201. The van der Waals surface area contributed by atoms with Gasteiger partial charge in [0.1, 0.15) is 5.75 Å². The molecule has 2 rings (SSSR count). The molecule has 0 aromatic heterocycles. The van der Waals surface area contributed by atoms with Gasteiger partial charge in [-0.1, -0.05) is 29.8 Å². The largest absolute Gasteiger partial charge is 0.496 e. The van der Waals surface area contributed by atoms with Crippen molar-refractivity contribution in [2.75, 3.05) is 18.7 Å². The molecule has 24 heavy (non-hydrogen) atoms. The van der Waals surface area contributed by atoms with E-state index in [9.17, 15) is 13.2 Å². The number of rotatable bonds is 5. The standard InChI is InChI=1S/C17H16ClNO4S/c1-23-16-6-4-3-5-12(16)7-10-17(20)19-15-11-13(24(2,21)22)8-9-14(15)18/h3-11H,1-2H3,(H,19,20). The number of carbonyl (C=O) groups excluding carboxylic acids is 1. The van der Waals surface area contributed by atoms with Crippen LogP contribution in [0.15, 0.2) is 53.4 Å². The van der Waals surface area contributed by atoms with E-state index in [1.54, 1.807) is 25.3 Å². The summed E-state index contributed by atoms with van der Waals surface area (Å²) in [6.45, 7) is 0. The molecule has 0 aliphatic carbocycles. The number of carbonyl (C=O) groups is 1. The molecular weight excluding hydrogens is 350 g/mol. The first-order chi connectivity index (χ1) is 11.3. The molecule has 0 heterocycles. The van der Waals surface area contributed by atoms with Crippen LogP contribution in [0.3, 0.4) is 0 Å². The van der Waals surface area contributed by atoms with E-state index in [0.717, 1.165) is 11.8 Å². The van der Waals surface area contributed by atoms with Crippen LogP contribution in [0.25, 0.3) is 6.08 Å². The number of hydrogen-bond donors (Lipinski definition) is 1. The Morgan fingerprint density at radius 3 is 2.58 bits per heavy atom. The zero-order chi connectivity index (χ0) is 17.7. The fourth-order valence-electron chi connectivity index (χ4n) is 1.97. The summed E-state index contributed by atoms with van der Waals surface area (Å²) in [4.78, 5) is 12.1. The molecule has 2 aromatic rings. The number of hydrogen-bond acceptors (Lipinski definition) is 4. The fourth-order valence-corrected chi connectivity index (χ4v) is 2.79. The van der Waals surface area contributed by atoms with E-state index in [4.69, 9.17) is 16.3 Å². The van der Waals surface area contributed by atoms with Crippen molar-refractivity contribution >= 4 is 39.1 Å². The van der Waals surface area contributed by atoms with Crippen LogP contribution in [-0.2, 0) is 14.6 Å². The van der Waals surface area contributed by atoms with Crippen molar-refractivity contribution in [3.8, 4) is 5.75 Å². The lowest BCUT2D eigenvalue weighted by Crippen LogP contribution is -2.09. The molecular formula is C17H16ClNO4S. The van der Waals surface area contributed by atoms with Crippen LogP contribution < -0.4 is 10.1 Å². The third-order valence-electron chi connectivity index (χ3n) is 3.18. The lowest BCUT2D eigenvalue weighted by atomic mass is 10.2. The van der Waals surface area contributed by atoms with Crippen molar-refractivity contribution in [2.45, 2.75) is 4.90 Å². The zero-order valence-electron chi connectivity index (χ0n) is 13.1. The Morgan fingerprint density at radius 1 is 1.21 bits per heavy atom. The second kappa shape index (κ2) is 7.51. The Balaban J connectivity index is 2.20. The summed E-state index contributed by atoms with van der Waals surface area (Å²) in [6.07, 6.45) is 4.01. The van der Waals surface area contributed by atoms with Crippen molar-refractivity contribution in [1.29, 1.82) is 0 Å². The summed E-state index contributed by atoms with van der Waals surface area (Å²) >= 11 is 6.00. The molecule has 0 bridgehead atoms. The minimum atomic E-state index is -3.39. The number of methoxy groups -OCH3 is 1. The predicted octanol–water partition coefficient (Wildman–Crippen LogP) is 3.40. The van der Waals surface area contributed by atoms with Crippen molar-refractivity contribution in [1.82, 2.24) is 0 Å². The van der Waals surface area contributed by atoms with Crippen LogP contribution in [0.5, 0.6) is 5.75 Å². The monoisotopic (exact) mass is 365 g/mol. The minimum absolute atomic E-state index is 0.0795.